The first-order valence-electron chi connectivity index (χ1n) is 10.9. The number of halogens is 1. The monoisotopic (exact) mass is 473 g/mol. The molecule has 0 aliphatic carbocycles. The van der Waals surface area contributed by atoms with Crippen LogP contribution in [-0.2, 0) is 16.1 Å². The van der Waals surface area contributed by atoms with Gasteiger partial charge in [0.15, 0.2) is 23.4 Å². The first kappa shape index (κ1) is 23.8. The highest BCUT2D eigenvalue weighted by Gasteiger charge is 2.20. The molecule has 4 aromatic rings. The van der Waals surface area contributed by atoms with Gasteiger partial charge in [0.2, 0.25) is 0 Å². The Labute approximate surface area is 201 Å². The number of ether oxygens (including phenoxy) is 1. The molecule has 35 heavy (non-hydrogen) atoms. The summed E-state index contributed by atoms with van der Waals surface area (Å²) < 4.78 is 20.4. The minimum atomic E-state index is -0.771. The molecule has 1 heterocycles. The molecular formula is C28H24FNO5. The van der Waals surface area contributed by atoms with Crippen molar-refractivity contribution in [3.05, 3.63) is 108 Å². The van der Waals surface area contributed by atoms with Gasteiger partial charge in [0.05, 0.1) is 11.3 Å². The molecule has 7 heteroatoms. The van der Waals surface area contributed by atoms with Crippen LogP contribution in [0.2, 0.25) is 0 Å². The minimum Gasteiger partial charge on any atom is -0.508 e. The molecule has 0 bridgehead atoms. The van der Waals surface area contributed by atoms with Gasteiger partial charge < -0.3 is 14.4 Å². The van der Waals surface area contributed by atoms with Crippen molar-refractivity contribution < 1.29 is 28.9 Å². The van der Waals surface area contributed by atoms with Crippen molar-refractivity contribution >= 4 is 22.5 Å². The molecular weight excluding hydrogens is 449 g/mol. The normalized spacial score (nSPS) is 11.7. The van der Waals surface area contributed by atoms with Crippen LogP contribution in [0.25, 0.3) is 10.9 Å². The van der Waals surface area contributed by atoms with Gasteiger partial charge in [0.25, 0.3) is 0 Å². The third-order valence-electron chi connectivity index (χ3n) is 5.61. The zero-order valence-corrected chi connectivity index (χ0v) is 19.3. The molecule has 1 unspecified atom stereocenters. The molecule has 4 rings (SSSR count). The summed E-state index contributed by atoms with van der Waals surface area (Å²) in [5, 5.41) is 10.2. The fourth-order valence-corrected chi connectivity index (χ4v) is 4.04. The van der Waals surface area contributed by atoms with Gasteiger partial charge in [-0.05, 0) is 61.9 Å². The first-order valence-corrected chi connectivity index (χ1v) is 10.9. The Kier molecular flexibility index (Phi) is 6.68. The summed E-state index contributed by atoms with van der Waals surface area (Å²) in [6.07, 6.45) is 0.938. The van der Waals surface area contributed by atoms with Crippen LogP contribution in [0, 0.1) is 0 Å². The molecule has 0 spiro atoms. The highest BCUT2D eigenvalue weighted by atomic mass is 19.3. The number of ketones is 2. The number of benzene rings is 3. The average Bonchev–Trinajstić information content (AvgIpc) is 3.19. The number of hydrogen-bond donors (Lipinski definition) is 1. The minimum absolute atomic E-state index is 0.0146. The Balaban J connectivity index is 1.75. The van der Waals surface area contributed by atoms with Crippen molar-refractivity contribution in [2.45, 2.75) is 26.5 Å². The number of allylic oxidation sites excluding steroid dienone is 1. The number of rotatable bonds is 9. The van der Waals surface area contributed by atoms with E-state index in [4.69, 9.17) is 4.74 Å². The molecule has 3 aromatic carbocycles. The van der Waals surface area contributed by atoms with Crippen LogP contribution in [0.15, 0.2) is 85.3 Å². The van der Waals surface area contributed by atoms with Crippen LogP contribution in [0.1, 0.15) is 47.0 Å². The first-order chi connectivity index (χ1) is 16.8. The molecule has 1 atom stereocenters. The summed E-state index contributed by atoms with van der Waals surface area (Å²) in [6.45, 7) is 7.21. The molecule has 1 N–H and O–H groups in total. The van der Waals surface area contributed by atoms with Gasteiger partial charge in [-0.2, -0.15) is 0 Å². The Hall–Kier alpha value is -4.39. The van der Waals surface area contributed by atoms with Crippen molar-refractivity contribution in [1.82, 2.24) is 4.57 Å². The van der Waals surface area contributed by atoms with Crippen LogP contribution in [0.4, 0.5) is 4.53 Å². The van der Waals surface area contributed by atoms with Gasteiger partial charge in [0, 0.05) is 45.4 Å². The van der Waals surface area contributed by atoms with E-state index in [1.807, 2.05) is 22.8 Å². The van der Waals surface area contributed by atoms with Gasteiger partial charge in [-0.15, -0.1) is 0 Å². The van der Waals surface area contributed by atoms with Crippen molar-refractivity contribution in [2.24, 2.45) is 0 Å². The number of phenols is 1. The standard InChI is InChI=1S/C28H24FNO5/c1-17(2)34-28(18(3)31)21-6-4-5-19(13-21)15-30-16-25(24-12-11-23(35-29)14-26(24)30)27(33)20-7-9-22(32)10-8-20/h4-14,16,28,32H,1,15H2,2-3H3. The Morgan fingerprint density at radius 3 is 2.46 bits per heavy atom. The number of nitrogens with zero attached hydrogens (tertiary/aromatic N) is 1. The van der Waals surface area contributed by atoms with Crippen molar-refractivity contribution in [3.8, 4) is 11.5 Å². The van der Waals surface area contributed by atoms with E-state index in [-0.39, 0.29) is 23.1 Å². The lowest BCUT2D eigenvalue weighted by molar-refractivity contribution is -0.126. The predicted octanol–water partition coefficient (Wildman–Crippen LogP) is 6.07. The molecule has 0 amide bonds. The molecule has 0 saturated heterocycles. The number of phenolic OH excluding ortho intramolecular Hbond substituents is 1. The van der Waals surface area contributed by atoms with E-state index in [0.29, 0.717) is 39.9 Å². The topological polar surface area (TPSA) is 77.8 Å². The molecule has 0 aliphatic heterocycles. The molecule has 178 valence electrons. The zero-order valence-electron chi connectivity index (χ0n) is 19.3. The van der Waals surface area contributed by atoms with E-state index in [2.05, 4.69) is 11.5 Å². The van der Waals surface area contributed by atoms with E-state index in [9.17, 15) is 19.2 Å². The van der Waals surface area contributed by atoms with E-state index in [1.54, 1.807) is 37.4 Å². The highest BCUT2D eigenvalue weighted by molar-refractivity contribution is 6.16. The Bertz CT molecular complexity index is 1420. The second kappa shape index (κ2) is 9.85. The molecule has 1 aromatic heterocycles. The van der Waals surface area contributed by atoms with E-state index < -0.39 is 6.10 Å². The van der Waals surface area contributed by atoms with Crippen LogP contribution in [-0.4, -0.2) is 21.2 Å². The van der Waals surface area contributed by atoms with E-state index >= 15 is 0 Å². The summed E-state index contributed by atoms with van der Waals surface area (Å²) in [5.41, 5.74) is 2.98. The second-order valence-electron chi connectivity index (χ2n) is 8.36. The number of carbonyl (C=O) groups excluding carboxylic acids is 2. The van der Waals surface area contributed by atoms with Crippen LogP contribution >= 0.6 is 0 Å². The van der Waals surface area contributed by atoms with Crippen LogP contribution < -0.4 is 4.94 Å². The lowest BCUT2D eigenvalue weighted by atomic mass is 10.0. The third-order valence-corrected chi connectivity index (χ3v) is 5.61. The average molecular weight is 474 g/mol. The summed E-state index contributed by atoms with van der Waals surface area (Å²) in [5.74, 6) is 0.128. The van der Waals surface area contributed by atoms with Crippen LogP contribution in [0.5, 0.6) is 11.5 Å². The van der Waals surface area contributed by atoms with E-state index in [1.165, 1.54) is 31.2 Å². The zero-order chi connectivity index (χ0) is 25.1. The largest absolute Gasteiger partial charge is 0.508 e. The second-order valence-corrected chi connectivity index (χ2v) is 8.36. The predicted molar refractivity (Wildman–Crippen MR) is 130 cm³/mol. The molecule has 0 fully saturated rings. The van der Waals surface area contributed by atoms with Gasteiger partial charge >= 0.3 is 0 Å². The molecule has 0 aliphatic rings. The lowest BCUT2D eigenvalue weighted by Gasteiger charge is -2.17. The van der Waals surface area contributed by atoms with Crippen molar-refractivity contribution in [3.63, 3.8) is 0 Å². The maximum atomic E-state index is 13.3. The smallest absolute Gasteiger partial charge is 0.195 e. The van der Waals surface area contributed by atoms with Gasteiger partial charge in [-0.3, -0.25) is 14.5 Å². The summed E-state index contributed by atoms with van der Waals surface area (Å²) >= 11 is 0. The Morgan fingerprint density at radius 1 is 1.06 bits per heavy atom. The SMILES string of the molecule is C=C(C)OC(C(C)=O)c1cccc(Cn2cc(C(=O)c3ccc(O)cc3)c3ccc(OF)cc32)c1. The highest BCUT2D eigenvalue weighted by Crippen LogP contribution is 2.30. The number of aromatic hydroxyl groups is 1. The summed E-state index contributed by atoms with van der Waals surface area (Å²) in [6, 6.07) is 18.0. The quantitative estimate of drug-likeness (QED) is 0.236. The number of Topliss-reactive ketones (excluding diaryl/α,β-unsaturated/α-hetero) is 1. The molecule has 0 saturated carbocycles. The summed E-state index contributed by atoms with van der Waals surface area (Å²) in [4.78, 5) is 29.3. The lowest BCUT2D eigenvalue weighted by Crippen LogP contribution is -2.12. The molecule has 0 radical (unpaired) electrons. The number of aromatic nitrogens is 1. The molecule has 6 nitrogen and oxygen atoms in total. The fourth-order valence-electron chi connectivity index (χ4n) is 4.04. The van der Waals surface area contributed by atoms with Gasteiger partial charge in [0.1, 0.15) is 5.75 Å². The van der Waals surface area contributed by atoms with Gasteiger partial charge in [-0.25, -0.2) is 0 Å². The maximum absolute atomic E-state index is 13.3. The summed E-state index contributed by atoms with van der Waals surface area (Å²) in [7, 11) is 0. The van der Waals surface area contributed by atoms with Crippen molar-refractivity contribution in [1.29, 1.82) is 0 Å². The Morgan fingerprint density at radius 2 is 1.80 bits per heavy atom. The fraction of sp³-hybridized carbons (Fsp3) is 0.143. The number of hydrogen-bond acceptors (Lipinski definition) is 5. The van der Waals surface area contributed by atoms with E-state index in [0.717, 1.165) is 5.56 Å². The van der Waals surface area contributed by atoms with Gasteiger partial charge in [-0.1, -0.05) is 24.8 Å². The van der Waals surface area contributed by atoms with Crippen LogP contribution in [0.3, 0.4) is 0 Å². The third kappa shape index (κ3) is 5.09. The number of fused-ring (bicyclic) bond motifs is 1. The van der Waals surface area contributed by atoms with Crippen molar-refractivity contribution in [2.75, 3.05) is 0 Å². The number of carbonyl (C=O) groups is 2. The maximum Gasteiger partial charge on any atom is 0.195 e.